The molecule has 1 aliphatic carbocycles. The molecule has 0 spiro atoms. The van der Waals surface area contributed by atoms with Crippen LogP contribution in [0.1, 0.15) is 34.9 Å². The maximum Gasteiger partial charge on any atom is 0.261 e. The number of aromatic amines is 2. The van der Waals surface area contributed by atoms with E-state index >= 15 is 0 Å². The molecule has 150 valence electrons. The molecule has 5 rings (SSSR count). The van der Waals surface area contributed by atoms with E-state index in [0.29, 0.717) is 38.7 Å². The lowest BCUT2D eigenvalue weighted by molar-refractivity contribution is 0.102. The van der Waals surface area contributed by atoms with Gasteiger partial charge in [-0.25, -0.2) is 4.98 Å². The second-order valence-corrected chi connectivity index (χ2v) is 7.79. The van der Waals surface area contributed by atoms with E-state index in [1.54, 1.807) is 25.2 Å². The van der Waals surface area contributed by atoms with Crippen molar-refractivity contribution in [3.63, 3.8) is 0 Å². The summed E-state index contributed by atoms with van der Waals surface area (Å²) in [7, 11) is 1.61. The van der Waals surface area contributed by atoms with Crippen LogP contribution in [-0.2, 0) is 7.05 Å². The van der Waals surface area contributed by atoms with Gasteiger partial charge in [0.2, 0.25) is 0 Å². The second-order valence-electron chi connectivity index (χ2n) is 7.40. The number of anilines is 1. The molecule has 1 fully saturated rings. The highest BCUT2D eigenvalue weighted by molar-refractivity contribution is 7.71. The third kappa shape index (κ3) is 3.33. The number of hydrogen-bond donors (Lipinski definition) is 3. The molecule has 0 aliphatic heterocycles. The first-order chi connectivity index (χ1) is 14.5. The Morgan fingerprint density at radius 1 is 1.20 bits per heavy atom. The van der Waals surface area contributed by atoms with Gasteiger partial charge >= 0.3 is 0 Å². The lowest BCUT2D eigenvalue weighted by Crippen LogP contribution is -2.19. The zero-order valence-electron chi connectivity index (χ0n) is 16.1. The number of carbonyl (C=O) groups is 1. The van der Waals surface area contributed by atoms with Crippen molar-refractivity contribution in [1.29, 1.82) is 0 Å². The molecule has 0 bridgehead atoms. The van der Waals surface area contributed by atoms with Crippen LogP contribution in [0.25, 0.3) is 22.3 Å². The fourth-order valence-electron chi connectivity index (χ4n) is 3.30. The largest absolute Gasteiger partial charge is 0.332 e. The van der Waals surface area contributed by atoms with Gasteiger partial charge in [0.05, 0.1) is 10.9 Å². The Hall–Kier alpha value is -3.59. The number of H-pyrrole nitrogens is 2. The molecule has 0 unspecified atom stereocenters. The van der Waals surface area contributed by atoms with Gasteiger partial charge in [-0.2, -0.15) is 5.10 Å². The van der Waals surface area contributed by atoms with Crippen LogP contribution in [0.5, 0.6) is 0 Å². The maximum absolute atomic E-state index is 12.7. The third-order valence-electron chi connectivity index (χ3n) is 5.23. The van der Waals surface area contributed by atoms with Crippen LogP contribution >= 0.6 is 12.2 Å². The van der Waals surface area contributed by atoms with Crippen molar-refractivity contribution in [3.05, 3.63) is 69.0 Å². The summed E-state index contributed by atoms with van der Waals surface area (Å²) >= 11 is 5.15. The average Bonchev–Trinajstić information content (AvgIpc) is 3.49. The zero-order chi connectivity index (χ0) is 20.8. The predicted octanol–water partition coefficient (Wildman–Crippen LogP) is 3.51. The van der Waals surface area contributed by atoms with Crippen molar-refractivity contribution in [2.45, 2.75) is 18.8 Å². The first kappa shape index (κ1) is 18.4. The van der Waals surface area contributed by atoms with Crippen molar-refractivity contribution < 1.29 is 4.79 Å². The molecule has 1 amide bonds. The summed E-state index contributed by atoms with van der Waals surface area (Å²) in [6.07, 6.45) is 2.32. The Morgan fingerprint density at radius 2 is 1.97 bits per heavy atom. The Morgan fingerprint density at radius 3 is 2.70 bits per heavy atom. The molecule has 0 radical (unpaired) electrons. The van der Waals surface area contributed by atoms with E-state index in [1.165, 1.54) is 4.57 Å². The standard InChI is InChI=1S/C21H18N6O2S/c1-27-20(29)15-9-6-13(10-16(15)23-21(27)30)19(28)22-14-7-4-12(5-8-14)18-24-17(25-26-18)11-2-3-11/h4-11H,2-3H2,1H3,(H,22,28)(H,23,30)(H,24,25,26). The van der Waals surface area contributed by atoms with E-state index < -0.39 is 0 Å². The zero-order valence-corrected chi connectivity index (χ0v) is 16.9. The smallest absolute Gasteiger partial charge is 0.261 e. The minimum absolute atomic E-state index is 0.201. The van der Waals surface area contributed by atoms with Gasteiger partial charge in [-0.1, -0.05) is 0 Å². The van der Waals surface area contributed by atoms with Gasteiger partial charge in [-0.15, -0.1) is 0 Å². The molecule has 2 aromatic carbocycles. The summed E-state index contributed by atoms with van der Waals surface area (Å²) in [5.74, 6) is 1.83. The highest BCUT2D eigenvalue weighted by Crippen LogP contribution is 2.38. The van der Waals surface area contributed by atoms with E-state index in [0.717, 1.165) is 24.2 Å². The fraction of sp³-hybridized carbons (Fsp3) is 0.190. The molecule has 0 atom stereocenters. The summed E-state index contributed by atoms with van der Waals surface area (Å²) in [4.78, 5) is 32.5. The molecule has 30 heavy (non-hydrogen) atoms. The molecule has 4 aromatic rings. The minimum Gasteiger partial charge on any atom is -0.332 e. The van der Waals surface area contributed by atoms with Gasteiger partial charge in [-0.3, -0.25) is 19.3 Å². The fourth-order valence-corrected chi connectivity index (χ4v) is 3.49. The Labute approximate surface area is 176 Å². The molecule has 8 nitrogen and oxygen atoms in total. The molecule has 0 saturated heterocycles. The first-order valence-electron chi connectivity index (χ1n) is 9.57. The first-order valence-corrected chi connectivity index (χ1v) is 9.97. The summed E-state index contributed by atoms with van der Waals surface area (Å²) < 4.78 is 1.67. The van der Waals surface area contributed by atoms with Crippen LogP contribution in [0.2, 0.25) is 0 Å². The highest BCUT2D eigenvalue weighted by Gasteiger charge is 2.27. The van der Waals surface area contributed by atoms with Crippen LogP contribution in [-0.4, -0.2) is 30.6 Å². The molecular formula is C21H18N6O2S. The third-order valence-corrected chi connectivity index (χ3v) is 5.61. The van der Waals surface area contributed by atoms with Gasteiger partial charge in [0, 0.05) is 29.8 Å². The Balaban J connectivity index is 1.36. The van der Waals surface area contributed by atoms with Gasteiger partial charge in [0.1, 0.15) is 5.82 Å². The normalized spacial score (nSPS) is 13.5. The van der Waals surface area contributed by atoms with Crippen LogP contribution < -0.4 is 10.9 Å². The molecule has 1 saturated carbocycles. The monoisotopic (exact) mass is 418 g/mol. The molecule has 3 N–H and O–H groups in total. The Bertz CT molecular complexity index is 1400. The minimum atomic E-state index is -0.279. The highest BCUT2D eigenvalue weighted by atomic mass is 32.1. The average molecular weight is 418 g/mol. The number of nitrogens with zero attached hydrogens (tertiary/aromatic N) is 3. The lowest BCUT2D eigenvalue weighted by Gasteiger charge is -2.08. The molecule has 2 aromatic heterocycles. The molecule has 9 heteroatoms. The lowest BCUT2D eigenvalue weighted by atomic mass is 10.1. The van der Waals surface area contributed by atoms with Crippen molar-refractivity contribution >= 4 is 34.7 Å². The van der Waals surface area contributed by atoms with Gasteiger partial charge in [-0.05, 0) is 67.5 Å². The number of nitrogens with one attached hydrogen (secondary N) is 3. The van der Waals surface area contributed by atoms with Crippen molar-refractivity contribution in [2.75, 3.05) is 5.32 Å². The van der Waals surface area contributed by atoms with Crippen molar-refractivity contribution in [3.8, 4) is 11.4 Å². The number of aromatic nitrogens is 5. The van der Waals surface area contributed by atoms with Crippen LogP contribution in [0.15, 0.2) is 47.3 Å². The van der Waals surface area contributed by atoms with E-state index in [9.17, 15) is 9.59 Å². The number of amides is 1. The number of hydrogen-bond acceptors (Lipinski definition) is 5. The van der Waals surface area contributed by atoms with Crippen molar-refractivity contribution in [1.82, 2.24) is 24.7 Å². The predicted molar refractivity (Wildman–Crippen MR) is 116 cm³/mol. The number of fused-ring (bicyclic) bond motifs is 1. The second kappa shape index (κ2) is 7.03. The Kier molecular flexibility index (Phi) is 4.32. The van der Waals surface area contributed by atoms with Gasteiger partial charge in [0.15, 0.2) is 10.6 Å². The van der Waals surface area contributed by atoms with E-state index in [2.05, 4.69) is 25.5 Å². The number of rotatable bonds is 4. The SMILES string of the molecule is Cn1c(=S)[nH]c2cc(C(=O)Nc3ccc(-c4n[nH]c(C5CC5)n4)cc3)ccc2c1=O. The molecule has 1 aliphatic rings. The van der Waals surface area contributed by atoms with Gasteiger partial charge in [0.25, 0.3) is 11.5 Å². The quantitative estimate of drug-likeness (QED) is 0.440. The van der Waals surface area contributed by atoms with E-state index in [1.807, 2.05) is 24.3 Å². The van der Waals surface area contributed by atoms with Crippen LogP contribution in [0.3, 0.4) is 0 Å². The maximum atomic E-state index is 12.7. The van der Waals surface area contributed by atoms with E-state index in [-0.39, 0.29) is 11.5 Å². The van der Waals surface area contributed by atoms with Crippen LogP contribution in [0.4, 0.5) is 5.69 Å². The summed E-state index contributed by atoms with van der Waals surface area (Å²) in [6, 6.07) is 12.2. The van der Waals surface area contributed by atoms with E-state index in [4.69, 9.17) is 12.2 Å². The molecular weight excluding hydrogens is 400 g/mol. The number of carbonyl (C=O) groups excluding carboxylic acids is 1. The van der Waals surface area contributed by atoms with Crippen molar-refractivity contribution in [2.24, 2.45) is 7.05 Å². The van der Waals surface area contributed by atoms with Gasteiger partial charge < -0.3 is 10.3 Å². The molecule has 2 heterocycles. The summed E-state index contributed by atoms with van der Waals surface area (Å²) in [5, 5.41) is 10.6. The van der Waals surface area contributed by atoms with Crippen LogP contribution in [0, 0.1) is 4.77 Å². The number of benzene rings is 2. The topological polar surface area (TPSA) is 108 Å². The summed E-state index contributed by atoms with van der Waals surface area (Å²) in [6.45, 7) is 0. The summed E-state index contributed by atoms with van der Waals surface area (Å²) in [5.41, 5.74) is 2.28.